The normalized spacial score (nSPS) is 17.0. The number of fused-ring (bicyclic) bond motifs is 1. The van der Waals surface area contributed by atoms with Crippen molar-refractivity contribution in [1.29, 1.82) is 0 Å². The third-order valence-electron chi connectivity index (χ3n) is 4.68. The number of benzene rings is 1. The van der Waals surface area contributed by atoms with E-state index < -0.39 is 8.24 Å². The minimum atomic E-state index is -2.08. The van der Waals surface area contributed by atoms with Crippen molar-refractivity contribution in [3.05, 3.63) is 23.8 Å². The summed E-state index contributed by atoms with van der Waals surface area (Å²) in [5, 5.41) is 3.99. The maximum absolute atomic E-state index is 13.0. The first-order chi connectivity index (χ1) is 10.1. The molecule has 0 unspecified atom stereocenters. The van der Waals surface area contributed by atoms with Crippen LogP contribution in [0.4, 0.5) is 5.69 Å². The van der Waals surface area contributed by atoms with Gasteiger partial charge in [0.1, 0.15) is 12.9 Å². The highest BCUT2D eigenvalue weighted by molar-refractivity contribution is 6.90. The van der Waals surface area contributed by atoms with Crippen molar-refractivity contribution < 1.29 is 14.4 Å². The quantitative estimate of drug-likeness (QED) is 0.633. The van der Waals surface area contributed by atoms with Crippen LogP contribution < -0.4 is 9.30 Å². The van der Waals surface area contributed by atoms with E-state index in [1.165, 1.54) is 7.11 Å². The Hall–Kier alpha value is -1.82. The molecule has 6 heteroatoms. The fourth-order valence-corrected chi connectivity index (χ4v) is 4.51. The molecule has 0 aliphatic carbocycles. The summed E-state index contributed by atoms with van der Waals surface area (Å²) in [7, 11) is 0.984. The molecule has 0 fully saturated rings. The van der Waals surface area contributed by atoms with Crippen LogP contribution in [0.1, 0.15) is 26.3 Å². The van der Waals surface area contributed by atoms with Crippen molar-refractivity contribution in [1.82, 2.24) is 0 Å². The molecular weight excluding hydrogens is 296 g/mol. The molecule has 0 saturated heterocycles. The van der Waals surface area contributed by atoms with Crippen LogP contribution in [0.15, 0.2) is 23.4 Å². The maximum Gasteiger partial charge on any atom is 0.273 e. The van der Waals surface area contributed by atoms with Crippen LogP contribution in [-0.4, -0.2) is 34.1 Å². The first-order valence-electron chi connectivity index (χ1n) is 7.29. The van der Waals surface area contributed by atoms with Gasteiger partial charge in [-0.1, -0.05) is 39.0 Å². The minimum Gasteiger partial charge on any atom is -0.497 e. The van der Waals surface area contributed by atoms with Crippen molar-refractivity contribution in [3.63, 3.8) is 0 Å². The smallest absolute Gasteiger partial charge is 0.273 e. The van der Waals surface area contributed by atoms with Gasteiger partial charge in [0, 0.05) is 11.3 Å². The molecule has 2 rings (SSSR count). The average molecular weight is 320 g/mol. The van der Waals surface area contributed by atoms with E-state index in [0.29, 0.717) is 11.5 Å². The molecule has 22 heavy (non-hydrogen) atoms. The molecule has 1 aromatic rings. The van der Waals surface area contributed by atoms with Gasteiger partial charge in [-0.2, -0.15) is 0 Å². The number of nitrogens with zero attached hydrogens (tertiary/aromatic N) is 2. The zero-order valence-electron chi connectivity index (χ0n) is 14.4. The number of oxime groups is 1. The number of hydrogen-bond acceptors (Lipinski definition) is 4. The molecule has 0 spiro atoms. The predicted octanol–water partition coefficient (Wildman–Crippen LogP) is 3.40. The Bertz CT molecular complexity index is 633. The van der Waals surface area contributed by atoms with Gasteiger partial charge < -0.3 is 14.1 Å². The lowest BCUT2D eigenvalue weighted by atomic mass is 10.1. The summed E-state index contributed by atoms with van der Waals surface area (Å²) >= 11 is 0. The fraction of sp³-hybridized carbons (Fsp3) is 0.500. The molecule has 0 atom stereocenters. The topological polar surface area (TPSA) is 51.1 Å². The van der Waals surface area contributed by atoms with Gasteiger partial charge >= 0.3 is 0 Å². The summed E-state index contributed by atoms with van der Waals surface area (Å²) in [4.78, 5) is 17.8. The summed E-state index contributed by atoms with van der Waals surface area (Å²) in [5.41, 5.74) is 2.02. The van der Waals surface area contributed by atoms with Crippen molar-refractivity contribution in [2.75, 3.05) is 18.8 Å². The lowest BCUT2D eigenvalue weighted by Gasteiger charge is -2.43. The first-order valence-corrected chi connectivity index (χ1v) is 10.2. The largest absolute Gasteiger partial charge is 0.497 e. The van der Waals surface area contributed by atoms with Gasteiger partial charge in [0.25, 0.3) is 5.91 Å². The Balaban J connectivity index is 2.66. The summed E-state index contributed by atoms with van der Waals surface area (Å²) in [6.45, 7) is 11.0. The average Bonchev–Trinajstić information content (AvgIpc) is 2.70. The van der Waals surface area contributed by atoms with Crippen molar-refractivity contribution in [3.8, 4) is 5.75 Å². The third-order valence-corrected chi connectivity index (χ3v) is 9.92. The standard InChI is InChI=1S/C16H24N2O3Si/c1-16(2,3)22(6,7)18-13-9-8-11(20-4)10-12(13)14(15(18)19)17-21-5/h8-10H,1-7H3/b17-14-. The van der Waals surface area contributed by atoms with E-state index in [-0.39, 0.29) is 10.9 Å². The number of amides is 1. The monoisotopic (exact) mass is 320 g/mol. The van der Waals surface area contributed by atoms with Crippen molar-refractivity contribution >= 4 is 25.5 Å². The van der Waals surface area contributed by atoms with E-state index >= 15 is 0 Å². The van der Waals surface area contributed by atoms with Gasteiger partial charge in [-0.25, -0.2) is 0 Å². The maximum atomic E-state index is 13.0. The second-order valence-electron chi connectivity index (χ2n) is 6.96. The van der Waals surface area contributed by atoms with Gasteiger partial charge in [0.05, 0.1) is 7.11 Å². The van der Waals surface area contributed by atoms with Crippen LogP contribution in [0.2, 0.25) is 18.1 Å². The van der Waals surface area contributed by atoms with Gasteiger partial charge in [-0.3, -0.25) is 4.79 Å². The van der Waals surface area contributed by atoms with E-state index in [0.717, 1.165) is 11.3 Å². The Labute approximate surface area is 133 Å². The minimum absolute atomic E-state index is 0.0301. The Morgan fingerprint density at radius 2 is 1.82 bits per heavy atom. The predicted molar refractivity (Wildman–Crippen MR) is 91.2 cm³/mol. The van der Waals surface area contributed by atoms with Crippen LogP contribution >= 0.6 is 0 Å². The zero-order valence-corrected chi connectivity index (χ0v) is 15.4. The third kappa shape index (κ3) is 2.41. The van der Waals surface area contributed by atoms with Gasteiger partial charge in [-0.15, -0.1) is 0 Å². The summed E-state index contributed by atoms with van der Waals surface area (Å²) < 4.78 is 7.22. The molecular formula is C16H24N2O3Si. The second-order valence-corrected chi connectivity index (χ2v) is 12.0. The summed E-state index contributed by atoms with van der Waals surface area (Å²) in [6.07, 6.45) is 0. The van der Waals surface area contributed by atoms with E-state index in [4.69, 9.17) is 9.57 Å². The van der Waals surface area contributed by atoms with Crippen LogP contribution in [0.5, 0.6) is 5.75 Å². The number of hydrogen-bond donors (Lipinski definition) is 0. The molecule has 1 aliphatic rings. The highest BCUT2D eigenvalue weighted by Gasteiger charge is 2.49. The molecule has 0 bridgehead atoms. The zero-order chi connectivity index (χ0) is 16.7. The van der Waals surface area contributed by atoms with Crippen LogP contribution in [-0.2, 0) is 9.63 Å². The SMILES string of the molecule is CO/N=C1\C(=O)N([Si](C)(C)C(C)(C)C)c2ccc(OC)cc21. The number of methoxy groups -OCH3 is 1. The number of ether oxygens (including phenoxy) is 1. The number of carbonyl (C=O) groups excluding carboxylic acids is 1. The van der Waals surface area contributed by atoms with Gasteiger partial charge in [-0.05, 0) is 23.2 Å². The van der Waals surface area contributed by atoms with Crippen LogP contribution in [0.3, 0.4) is 0 Å². The molecule has 1 aromatic carbocycles. The highest BCUT2D eigenvalue weighted by Crippen LogP contribution is 2.44. The molecule has 5 nitrogen and oxygen atoms in total. The lowest BCUT2D eigenvalue weighted by molar-refractivity contribution is -0.111. The van der Waals surface area contributed by atoms with E-state index in [1.54, 1.807) is 7.11 Å². The molecule has 0 saturated carbocycles. The molecule has 1 aliphatic heterocycles. The van der Waals surface area contributed by atoms with Crippen LogP contribution in [0, 0.1) is 0 Å². The van der Waals surface area contributed by atoms with Gasteiger partial charge in [0.15, 0.2) is 13.9 Å². The molecule has 1 amide bonds. The van der Waals surface area contributed by atoms with Gasteiger partial charge in [0.2, 0.25) is 0 Å². The molecule has 0 N–H and O–H groups in total. The number of rotatable bonds is 3. The van der Waals surface area contributed by atoms with Crippen molar-refractivity contribution in [2.45, 2.75) is 38.9 Å². The summed E-state index contributed by atoms with van der Waals surface area (Å²) in [5.74, 6) is 0.615. The molecule has 1 heterocycles. The Morgan fingerprint density at radius 3 is 2.32 bits per heavy atom. The van der Waals surface area contributed by atoms with Crippen LogP contribution in [0.25, 0.3) is 0 Å². The van der Waals surface area contributed by atoms with E-state index in [2.05, 4.69) is 39.0 Å². The van der Waals surface area contributed by atoms with E-state index in [9.17, 15) is 4.79 Å². The number of anilines is 1. The first kappa shape index (κ1) is 16.5. The summed E-state index contributed by atoms with van der Waals surface area (Å²) in [6, 6.07) is 5.66. The highest BCUT2D eigenvalue weighted by atomic mass is 28.3. The Morgan fingerprint density at radius 1 is 1.18 bits per heavy atom. The molecule has 120 valence electrons. The van der Waals surface area contributed by atoms with Crippen molar-refractivity contribution in [2.24, 2.45) is 5.16 Å². The molecule has 0 aromatic heterocycles. The fourth-order valence-electron chi connectivity index (χ4n) is 2.43. The second kappa shape index (κ2) is 5.42. The van der Waals surface area contributed by atoms with E-state index in [1.807, 2.05) is 22.8 Å². The lowest BCUT2D eigenvalue weighted by Crippen LogP contribution is -2.57. The number of carbonyl (C=O) groups is 1. The molecule has 0 radical (unpaired) electrons. The Kier molecular flexibility index (Phi) is 4.08.